The lowest BCUT2D eigenvalue weighted by Crippen LogP contribution is -2.50. The van der Waals surface area contributed by atoms with E-state index in [0.717, 1.165) is 0 Å². The quantitative estimate of drug-likeness (QED) is 0.369. The van der Waals surface area contributed by atoms with Gasteiger partial charge >= 0.3 is 11.9 Å². The van der Waals surface area contributed by atoms with Crippen molar-refractivity contribution in [2.45, 2.75) is 38.9 Å². The van der Waals surface area contributed by atoms with Crippen molar-refractivity contribution in [2.24, 2.45) is 5.41 Å². The van der Waals surface area contributed by atoms with E-state index in [-0.39, 0.29) is 0 Å². The molecule has 0 N–H and O–H groups in total. The van der Waals surface area contributed by atoms with Crippen LogP contribution >= 0.6 is 0 Å². The minimum atomic E-state index is -2.61. The maximum atomic E-state index is 12.6. The molecule has 0 radical (unpaired) electrons. The first-order chi connectivity index (χ1) is 15.6. The van der Waals surface area contributed by atoms with Gasteiger partial charge in [0, 0.05) is 0 Å². The molecule has 2 atom stereocenters. The lowest BCUT2D eigenvalue weighted by Gasteiger charge is -2.36. The number of carbonyl (C=O) groups is 4. The Hall–Kier alpha value is -3.94. The summed E-state index contributed by atoms with van der Waals surface area (Å²) in [7, 11) is 0. The molecule has 0 saturated heterocycles. The van der Waals surface area contributed by atoms with E-state index in [1.54, 1.807) is 74.5 Å². The van der Waals surface area contributed by atoms with Crippen molar-refractivity contribution in [1.29, 1.82) is 0 Å². The van der Waals surface area contributed by atoms with Crippen LogP contribution in [0.15, 0.2) is 72.8 Å². The van der Waals surface area contributed by atoms with E-state index in [1.807, 2.05) is 0 Å². The van der Waals surface area contributed by atoms with Crippen LogP contribution in [0.5, 0.6) is 0 Å². The molecule has 2 unspecified atom stereocenters. The highest BCUT2D eigenvalue weighted by atomic mass is 16.5. The van der Waals surface area contributed by atoms with E-state index in [0.29, 0.717) is 11.1 Å². The largest absolute Gasteiger partial charge is 0.549 e. The molecule has 0 saturated carbocycles. The van der Waals surface area contributed by atoms with Crippen LogP contribution in [0.3, 0.4) is 0 Å². The molecule has 0 heterocycles. The Morgan fingerprint density at radius 2 is 1.15 bits per heavy atom. The molecular formula is C25H24O8-2. The van der Waals surface area contributed by atoms with E-state index in [2.05, 4.69) is 6.58 Å². The summed E-state index contributed by atoms with van der Waals surface area (Å²) in [6.45, 7) is 6.36. The molecule has 0 aliphatic heterocycles. The average molecular weight is 452 g/mol. The summed E-state index contributed by atoms with van der Waals surface area (Å²) in [6, 6.07) is 17.3. The number of hydrogen-bond acceptors (Lipinski definition) is 8. The Morgan fingerprint density at radius 3 is 1.45 bits per heavy atom. The monoisotopic (exact) mass is 452 g/mol. The van der Waals surface area contributed by atoms with Crippen LogP contribution in [0.2, 0.25) is 0 Å². The highest BCUT2D eigenvalue weighted by Crippen LogP contribution is 2.36. The molecule has 8 nitrogen and oxygen atoms in total. The Bertz CT molecular complexity index is 952. The van der Waals surface area contributed by atoms with Crippen molar-refractivity contribution < 1.29 is 38.9 Å². The number of hydrogen-bond donors (Lipinski definition) is 0. The third kappa shape index (κ3) is 6.52. The van der Waals surface area contributed by atoms with Crippen LogP contribution in [0.25, 0.3) is 0 Å². The molecule has 0 bridgehead atoms. The molecule has 0 fully saturated rings. The number of carboxylic acids is 2. The zero-order valence-corrected chi connectivity index (χ0v) is 18.3. The smallest absolute Gasteiger partial charge is 0.307 e. The van der Waals surface area contributed by atoms with Crippen LogP contribution < -0.4 is 10.2 Å². The summed E-state index contributed by atoms with van der Waals surface area (Å²) >= 11 is 0. The molecule has 2 rings (SSSR count). The summed E-state index contributed by atoms with van der Waals surface area (Å²) in [6.07, 6.45) is -3.51. The molecule has 2 aromatic rings. The molecule has 0 amide bonds. The summed E-state index contributed by atoms with van der Waals surface area (Å²) in [5.41, 5.74) is -2.32. The highest BCUT2D eigenvalue weighted by Gasteiger charge is 2.42. The lowest BCUT2D eigenvalue weighted by atomic mass is 9.74. The van der Waals surface area contributed by atoms with Crippen LogP contribution in [-0.2, 0) is 28.7 Å². The number of ether oxygens (including phenoxy) is 2. The van der Waals surface area contributed by atoms with E-state index in [9.17, 15) is 29.4 Å². The highest BCUT2D eigenvalue weighted by molar-refractivity contribution is 5.99. The normalized spacial score (nSPS) is 14.2. The minimum absolute atomic E-state index is 0.639. The third-order valence-corrected chi connectivity index (χ3v) is 5.26. The first kappa shape index (κ1) is 25.3. The van der Waals surface area contributed by atoms with Gasteiger partial charge in [-0.1, -0.05) is 67.2 Å². The lowest BCUT2D eigenvalue weighted by molar-refractivity contribution is -0.322. The molecule has 0 spiro atoms. The van der Waals surface area contributed by atoms with Gasteiger partial charge in [0.15, 0.2) is 0 Å². The van der Waals surface area contributed by atoms with Crippen LogP contribution in [0.4, 0.5) is 0 Å². The van der Waals surface area contributed by atoms with Gasteiger partial charge in [0.25, 0.3) is 0 Å². The molecule has 174 valence electrons. The Kier molecular flexibility index (Phi) is 8.50. The Labute approximate surface area is 191 Å². The first-order valence-electron chi connectivity index (χ1n) is 10.2. The second-order valence-electron chi connectivity index (χ2n) is 7.57. The van der Waals surface area contributed by atoms with Crippen LogP contribution in [0.1, 0.15) is 50.0 Å². The van der Waals surface area contributed by atoms with Crippen molar-refractivity contribution in [3.05, 3.63) is 83.9 Å². The van der Waals surface area contributed by atoms with Gasteiger partial charge in [-0.3, -0.25) is 9.59 Å². The van der Waals surface area contributed by atoms with E-state index < -0.39 is 59.9 Å². The zero-order chi connectivity index (χ0) is 24.6. The van der Waals surface area contributed by atoms with E-state index in [1.165, 1.54) is 0 Å². The van der Waals surface area contributed by atoms with Crippen LogP contribution in [0, 0.1) is 5.41 Å². The number of benzene rings is 2. The number of esters is 2. The first-order valence-corrected chi connectivity index (χ1v) is 10.2. The van der Waals surface area contributed by atoms with Gasteiger partial charge in [0.1, 0.15) is 12.2 Å². The molecule has 33 heavy (non-hydrogen) atoms. The van der Waals surface area contributed by atoms with Gasteiger partial charge in [-0.15, -0.1) is 0 Å². The maximum absolute atomic E-state index is 12.6. The summed E-state index contributed by atoms with van der Waals surface area (Å²) in [5, 5.41) is 23.6. The fourth-order valence-corrected chi connectivity index (χ4v) is 3.29. The summed E-state index contributed by atoms with van der Waals surface area (Å²) in [4.78, 5) is 48.7. The van der Waals surface area contributed by atoms with Crippen molar-refractivity contribution >= 4 is 23.9 Å². The minimum Gasteiger partial charge on any atom is -0.549 e. The second kappa shape index (κ2) is 11.1. The number of aliphatic carboxylic acids is 2. The van der Waals surface area contributed by atoms with Crippen molar-refractivity contribution in [3.63, 3.8) is 0 Å². The average Bonchev–Trinajstić information content (AvgIpc) is 2.78. The second-order valence-corrected chi connectivity index (χ2v) is 7.57. The zero-order valence-electron chi connectivity index (χ0n) is 18.3. The fourth-order valence-electron chi connectivity index (χ4n) is 3.29. The topological polar surface area (TPSA) is 133 Å². The molecule has 0 aliphatic rings. The summed E-state index contributed by atoms with van der Waals surface area (Å²) < 4.78 is 10.5. The molecular weight excluding hydrogens is 428 g/mol. The van der Waals surface area contributed by atoms with Gasteiger partial charge < -0.3 is 29.3 Å². The van der Waals surface area contributed by atoms with E-state index >= 15 is 0 Å². The Morgan fingerprint density at radius 1 is 0.788 bits per heavy atom. The molecule has 0 aliphatic carbocycles. The molecule has 8 heteroatoms. The number of rotatable bonds is 11. The number of carboxylic acid groups (broad SMARTS) is 2. The van der Waals surface area contributed by atoms with E-state index in [4.69, 9.17) is 9.47 Å². The SMILES string of the molecule is C=C(C(=O)[O-])C(CC(=O)OC(C)c1ccccc1)(CC(=O)OC(C)c1ccccc1)C(=O)[O-]. The molecule has 2 aromatic carbocycles. The molecule has 0 aromatic heterocycles. The van der Waals surface area contributed by atoms with Gasteiger partial charge in [0.05, 0.1) is 30.2 Å². The predicted octanol–water partition coefficient (Wildman–Crippen LogP) is 1.42. The van der Waals surface area contributed by atoms with Gasteiger partial charge in [-0.05, 0) is 30.5 Å². The predicted molar refractivity (Wildman–Crippen MR) is 113 cm³/mol. The van der Waals surface area contributed by atoms with Crippen molar-refractivity contribution in [3.8, 4) is 0 Å². The third-order valence-electron chi connectivity index (χ3n) is 5.26. The van der Waals surface area contributed by atoms with Gasteiger partial charge in [0.2, 0.25) is 0 Å². The van der Waals surface area contributed by atoms with Gasteiger partial charge in [-0.25, -0.2) is 0 Å². The fraction of sp³-hybridized carbons (Fsp3) is 0.280. The van der Waals surface area contributed by atoms with Crippen molar-refractivity contribution in [2.75, 3.05) is 0 Å². The van der Waals surface area contributed by atoms with Crippen molar-refractivity contribution in [1.82, 2.24) is 0 Å². The maximum Gasteiger partial charge on any atom is 0.307 e. The summed E-state index contributed by atoms with van der Waals surface area (Å²) in [5.74, 6) is -6.03. The van der Waals surface area contributed by atoms with Crippen LogP contribution in [-0.4, -0.2) is 23.9 Å². The van der Waals surface area contributed by atoms with Gasteiger partial charge in [-0.2, -0.15) is 0 Å². The number of carbonyl (C=O) groups excluding carboxylic acids is 4. The Balaban J connectivity index is 2.23. The standard InChI is InChI=1S/C25H26O8/c1-16(23(28)29)25(24(30)31,14-21(26)32-17(2)19-10-6-4-7-11-19)15-22(27)33-18(3)20-12-8-5-9-13-20/h4-13,17-18H,1,14-15H2,2-3H3,(H,28,29)(H,30,31)/p-2.